The molecular formula is C30H34Cl3N3O5S. The molecule has 0 unspecified atom stereocenters. The minimum Gasteiger partial charge on any atom is -0.495 e. The number of nitrogens with one attached hydrogen (secondary N) is 1. The van der Waals surface area contributed by atoms with Crippen molar-refractivity contribution in [2.45, 2.75) is 51.1 Å². The van der Waals surface area contributed by atoms with Crippen molar-refractivity contribution in [3.63, 3.8) is 0 Å². The van der Waals surface area contributed by atoms with Gasteiger partial charge in [-0.2, -0.15) is 0 Å². The normalized spacial score (nSPS) is 12.0. The number of amides is 2. The first-order valence-electron chi connectivity index (χ1n) is 13.3. The van der Waals surface area contributed by atoms with Gasteiger partial charge in [-0.15, -0.1) is 0 Å². The number of hydrogen-bond acceptors (Lipinski definition) is 5. The molecule has 3 aromatic rings. The predicted molar refractivity (Wildman–Crippen MR) is 168 cm³/mol. The third-order valence-electron chi connectivity index (χ3n) is 6.70. The number of unbranched alkanes of at least 4 members (excludes halogenated alkanes) is 1. The Balaban J connectivity index is 2.08. The largest absolute Gasteiger partial charge is 0.495 e. The predicted octanol–water partition coefficient (Wildman–Crippen LogP) is 6.49. The van der Waals surface area contributed by atoms with Crippen molar-refractivity contribution in [1.29, 1.82) is 0 Å². The molecule has 0 saturated carbocycles. The number of carbonyl (C=O) groups is 2. The molecule has 0 heterocycles. The molecule has 0 saturated heterocycles. The van der Waals surface area contributed by atoms with Crippen molar-refractivity contribution in [2.24, 2.45) is 0 Å². The van der Waals surface area contributed by atoms with Crippen LogP contribution in [0.25, 0.3) is 0 Å². The van der Waals surface area contributed by atoms with Gasteiger partial charge in [-0.05, 0) is 62.7 Å². The highest BCUT2D eigenvalue weighted by atomic mass is 35.5. The van der Waals surface area contributed by atoms with E-state index in [2.05, 4.69) is 5.32 Å². The fraction of sp³-hybridized carbons (Fsp3) is 0.333. The van der Waals surface area contributed by atoms with Crippen LogP contribution in [0, 0.1) is 6.92 Å². The zero-order valence-corrected chi connectivity index (χ0v) is 26.9. The first-order valence-corrected chi connectivity index (χ1v) is 15.9. The monoisotopic (exact) mass is 653 g/mol. The molecule has 226 valence electrons. The van der Waals surface area contributed by atoms with Crippen molar-refractivity contribution in [3.05, 3.63) is 86.9 Å². The van der Waals surface area contributed by atoms with Gasteiger partial charge in [0.25, 0.3) is 10.0 Å². The van der Waals surface area contributed by atoms with E-state index in [-0.39, 0.29) is 28.1 Å². The first kappa shape index (κ1) is 33.5. The van der Waals surface area contributed by atoms with Gasteiger partial charge < -0.3 is 15.0 Å². The second-order valence-electron chi connectivity index (χ2n) is 9.69. The lowest BCUT2D eigenvalue weighted by molar-refractivity contribution is -0.139. The van der Waals surface area contributed by atoms with Crippen LogP contribution in [-0.4, -0.2) is 51.4 Å². The number of hydrogen-bond donors (Lipinski definition) is 1. The summed E-state index contributed by atoms with van der Waals surface area (Å²) in [5, 5.41) is 3.62. The molecule has 1 N–H and O–H groups in total. The number of methoxy groups -OCH3 is 1. The summed E-state index contributed by atoms with van der Waals surface area (Å²) >= 11 is 19.2. The highest BCUT2D eigenvalue weighted by Gasteiger charge is 2.33. The van der Waals surface area contributed by atoms with Crippen LogP contribution in [0.2, 0.25) is 15.1 Å². The fourth-order valence-corrected chi connectivity index (χ4v) is 6.32. The van der Waals surface area contributed by atoms with E-state index in [0.717, 1.165) is 22.7 Å². The van der Waals surface area contributed by atoms with Crippen LogP contribution in [0.5, 0.6) is 5.75 Å². The molecule has 12 heteroatoms. The molecule has 2 amide bonds. The van der Waals surface area contributed by atoms with E-state index >= 15 is 0 Å². The highest BCUT2D eigenvalue weighted by Crippen LogP contribution is 2.33. The van der Waals surface area contributed by atoms with Gasteiger partial charge in [0.05, 0.1) is 22.7 Å². The zero-order chi connectivity index (χ0) is 31.0. The zero-order valence-electron chi connectivity index (χ0n) is 23.9. The Kier molecular flexibility index (Phi) is 11.9. The van der Waals surface area contributed by atoms with E-state index in [0.29, 0.717) is 27.9 Å². The molecule has 8 nitrogen and oxygen atoms in total. The number of anilines is 1. The van der Waals surface area contributed by atoms with E-state index in [4.69, 9.17) is 39.5 Å². The van der Waals surface area contributed by atoms with Crippen LogP contribution >= 0.6 is 34.8 Å². The van der Waals surface area contributed by atoms with Crippen molar-refractivity contribution in [2.75, 3.05) is 24.5 Å². The van der Waals surface area contributed by atoms with Crippen molar-refractivity contribution in [3.8, 4) is 5.75 Å². The van der Waals surface area contributed by atoms with Crippen molar-refractivity contribution in [1.82, 2.24) is 10.2 Å². The Morgan fingerprint density at radius 3 is 2.19 bits per heavy atom. The van der Waals surface area contributed by atoms with Gasteiger partial charge in [0.2, 0.25) is 11.8 Å². The molecule has 42 heavy (non-hydrogen) atoms. The number of carbonyl (C=O) groups excluding carboxylic acids is 2. The summed E-state index contributed by atoms with van der Waals surface area (Å²) in [6.45, 7) is 5.10. The van der Waals surface area contributed by atoms with E-state index in [1.54, 1.807) is 37.3 Å². The van der Waals surface area contributed by atoms with Crippen LogP contribution in [0.4, 0.5) is 5.69 Å². The lowest BCUT2D eigenvalue weighted by Crippen LogP contribution is -2.51. The van der Waals surface area contributed by atoms with Gasteiger partial charge >= 0.3 is 0 Å². The van der Waals surface area contributed by atoms with Gasteiger partial charge in [-0.1, -0.05) is 71.9 Å². The second kappa shape index (κ2) is 15.0. The van der Waals surface area contributed by atoms with E-state index in [9.17, 15) is 18.0 Å². The number of benzene rings is 3. The summed E-state index contributed by atoms with van der Waals surface area (Å²) in [5.41, 5.74) is 1.45. The van der Waals surface area contributed by atoms with Gasteiger partial charge in [-0.25, -0.2) is 8.42 Å². The minimum absolute atomic E-state index is 0.0149. The summed E-state index contributed by atoms with van der Waals surface area (Å²) in [5.74, 6) is -0.695. The smallest absolute Gasteiger partial charge is 0.264 e. The summed E-state index contributed by atoms with van der Waals surface area (Å²) in [6, 6.07) is 14.7. The van der Waals surface area contributed by atoms with Crippen LogP contribution in [0.15, 0.2) is 65.6 Å². The summed E-state index contributed by atoms with van der Waals surface area (Å²) in [6.07, 6.45) is 1.65. The number of nitrogens with zero attached hydrogens (tertiary/aromatic N) is 2. The number of aryl methyl sites for hydroxylation is 1. The maximum Gasteiger partial charge on any atom is 0.264 e. The molecule has 0 fully saturated rings. The first-order chi connectivity index (χ1) is 19.9. The Morgan fingerprint density at radius 2 is 1.62 bits per heavy atom. The summed E-state index contributed by atoms with van der Waals surface area (Å²) < 4.78 is 34.1. The lowest BCUT2D eigenvalue weighted by atomic mass is 10.1. The number of halogens is 3. The minimum atomic E-state index is -4.25. The molecule has 0 spiro atoms. The van der Waals surface area contributed by atoms with E-state index in [1.165, 1.54) is 42.3 Å². The molecular weight excluding hydrogens is 621 g/mol. The summed E-state index contributed by atoms with van der Waals surface area (Å²) in [7, 11) is -2.81. The maximum absolute atomic E-state index is 14.1. The SMILES string of the molecule is CCCCNC(=O)[C@@H](C)N(Cc1c(Cl)cccc1Cl)C(=O)CN(c1ccc(OC)c(Cl)c1)S(=O)(=O)c1ccc(C)cc1. The van der Waals surface area contributed by atoms with Gasteiger partial charge in [0.1, 0.15) is 18.3 Å². The molecule has 1 atom stereocenters. The summed E-state index contributed by atoms with van der Waals surface area (Å²) in [4.78, 5) is 28.4. The number of ether oxygens (including phenoxy) is 1. The highest BCUT2D eigenvalue weighted by molar-refractivity contribution is 7.92. The fourth-order valence-electron chi connectivity index (χ4n) is 4.15. The number of sulfonamides is 1. The van der Waals surface area contributed by atoms with Gasteiger partial charge in [0, 0.05) is 28.7 Å². The molecule has 3 rings (SSSR count). The molecule has 0 bridgehead atoms. The Morgan fingerprint density at radius 1 is 0.976 bits per heavy atom. The van der Waals surface area contributed by atoms with Crippen LogP contribution < -0.4 is 14.4 Å². The number of rotatable bonds is 13. The average Bonchev–Trinajstić information content (AvgIpc) is 2.95. The molecule has 0 aliphatic heterocycles. The molecule has 0 radical (unpaired) electrons. The topological polar surface area (TPSA) is 96.0 Å². The van der Waals surface area contributed by atoms with Crippen LogP contribution in [0.3, 0.4) is 0 Å². The van der Waals surface area contributed by atoms with Crippen molar-refractivity contribution < 1.29 is 22.7 Å². The average molecular weight is 655 g/mol. The van der Waals surface area contributed by atoms with E-state index in [1.807, 2.05) is 13.8 Å². The molecule has 0 aliphatic carbocycles. The van der Waals surface area contributed by atoms with Crippen LogP contribution in [-0.2, 0) is 26.2 Å². The third-order valence-corrected chi connectivity index (χ3v) is 9.49. The lowest BCUT2D eigenvalue weighted by Gasteiger charge is -2.32. The Labute approximate surface area is 262 Å². The van der Waals surface area contributed by atoms with E-state index < -0.39 is 28.5 Å². The molecule has 0 aromatic heterocycles. The second-order valence-corrected chi connectivity index (χ2v) is 12.8. The Hall–Kier alpha value is -2.98. The standard InChI is InChI=1S/C30H34Cl3N3O5S/c1-5-6-16-34-30(38)21(3)35(18-24-25(31)8-7-9-26(24)32)29(37)19-36(22-12-15-28(41-4)27(33)17-22)42(39,40)23-13-10-20(2)11-14-23/h7-15,17,21H,5-6,16,18-19H2,1-4H3,(H,34,38)/t21-/m1/s1. The third kappa shape index (κ3) is 8.10. The van der Waals surface area contributed by atoms with Gasteiger partial charge in [-0.3, -0.25) is 13.9 Å². The van der Waals surface area contributed by atoms with Crippen molar-refractivity contribution >= 4 is 62.3 Å². The maximum atomic E-state index is 14.1. The molecule has 3 aromatic carbocycles. The molecule has 0 aliphatic rings. The Bertz CT molecular complexity index is 1500. The quantitative estimate of drug-likeness (QED) is 0.213. The van der Waals surface area contributed by atoms with Crippen LogP contribution in [0.1, 0.15) is 37.8 Å². The van der Waals surface area contributed by atoms with Gasteiger partial charge in [0.15, 0.2) is 0 Å².